The van der Waals surface area contributed by atoms with Gasteiger partial charge in [0.15, 0.2) is 0 Å². The standard InChI is InChI=1S/C25H25N3O5/c1-17(27-24(31)21-9-5-6-14-26-21)23(30)28-22(15-18-10-12-20(29)13-11-18)25(32)33-16-19-7-3-2-4-8-19/h2-14,17,22,29H,15-16H2,1H3,(H,27,31)(H,28,30)/t17-,22-/m0/s1. The van der Waals surface area contributed by atoms with Crippen LogP contribution in [0.2, 0.25) is 0 Å². The highest BCUT2D eigenvalue weighted by atomic mass is 16.5. The Morgan fingerprint density at radius 1 is 0.909 bits per heavy atom. The predicted molar refractivity (Wildman–Crippen MR) is 121 cm³/mol. The molecule has 170 valence electrons. The molecule has 0 aliphatic heterocycles. The van der Waals surface area contributed by atoms with E-state index in [2.05, 4.69) is 15.6 Å². The summed E-state index contributed by atoms with van der Waals surface area (Å²) >= 11 is 0. The van der Waals surface area contributed by atoms with Gasteiger partial charge in [0.25, 0.3) is 5.91 Å². The first-order valence-corrected chi connectivity index (χ1v) is 10.4. The van der Waals surface area contributed by atoms with Gasteiger partial charge in [0.2, 0.25) is 5.91 Å². The monoisotopic (exact) mass is 447 g/mol. The first-order chi connectivity index (χ1) is 15.9. The van der Waals surface area contributed by atoms with E-state index < -0.39 is 29.9 Å². The van der Waals surface area contributed by atoms with Crippen LogP contribution in [0.4, 0.5) is 0 Å². The molecule has 3 aromatic rings. The van der Waals surface area contributed by atoms with Crippen LogP contribution in [0.25, 0.3) is 0 Å². The van der Waals surface area contributed by atoms with Crippen LogP contribution in [0.1, 0.15) is 28.5 Å². The smallest absolute Gasteiger partial charge is 0.329 e. The molecule has 0 aliphatic carbocycles. The van der Waals surface area contributed by atoms with E-state index in [0.29, 0.717) is 0 Å². The van der Waals surface area contributed by atoms with Crippen LogP contribution in [-0.4, -0.2) is 40.0 Å². The van der Waals surface area contributed by atoms with Gasteiger partial charge in [0.1, 0.15) is 30.1 Å². The molecule has 1 heterocycles. The molecule has 0 fully saturated rings. The maximum Gasteiger partial charge on any atom is 0.329 e. The van der Waals surface area contributed by atoms with E-state index in [0.717, 1.165) is 11.1 Å². The summed E-state index contributed by atoms with van der Waals surface area (Å²) in [5.41, 5.74) is 1.72. The van der Waals surface area contributed by atoms with Crippen molar-refractivity contribution >= 4 is 17.8 Å². The Bertz CT molecular complexity index is 1070. The Morgan fingerprint density at radius 2 is 1.61 bits per heavy atom. The third-order valence-electron chi connectivity index (χ3n) is 4.84. The van der Waals surface area contributed by atoms with Crippen molar-refractivity contribution in [3.8, 4) is 5.75 Å². The molecule has 0 unspecified atom stereocenters. The number of aromatic hydroxyl groups is 1. The molecule has 0 aliphatic rings. The average Bonchev–Trinajstić information content (AvgIpc) is 2.84. The van der Waals surface area contributed by atoms with E-state index in [4.69, 9.17) is 4.74 Å². The van der Waals surface area contributed by atoms with Gasteiger partial charge in [-0.25, -0.2) is 4.79 Å². The fourth-order valence-electron chi connectivity index (χ4n) is 3.02. The SMILES string of the molecule is C[C@H](NC(=O)c1ccccn1)C(=O)N[C@@H](Cc1ccc(O)cc1)C(=O)OCc1ccccc1. The number of phenols is 1. The molecule has 2 amide bonds. The number of nitrogens with zero attached hydrogens (tertiary/aromatic N) is 1. The normalized spacial score (nSPS) is 12.3. The predicted octanol–water partition coefficient (Wildman–Crippen LogP) is 2.38. The van der Waals surface area contributed by atoms with Crippen LogP contribution in [0.15, 0.2) is 79.0 Å². The fraction of sp³-hybridized carbons (Fsp3) is 0.200. The fourth-order valence-corrected chi connectivity index (χ4v) is 3.02. The van der Waals surface area contributed by atoms with Crippen molar-refractivity contribution in [1.29, 1.82) is 0 Å². The summed E-state index contributed by atoms with van der Waals surface area (Å²) in [4.78, 5) is 41.8. The molecule has 1 aromatic heterocycles. The molecule has 3 N–H and O–H groups in total. The number of esters is 1. The Labute approximate surface area is 191 Å². The summed E-state index contributed by atoms with van der Waals surface area (Å²) in [7, 11) is 0. The lowest BCUT2D eigenvalue weighted by molar-refractivity contribution is -0.149. The van der Waals surface area contributed by atoms with Gasteiger partial charge in [-0.05, 0) is 42.3 Å². The highest BCUT2D eigenvalue weighted by molar-refractivity contribution is 5.96. The van der Waals surface area contributed by atoms with Gasteiger partial charge in [0.05, 0.1) is 0 Å². The second kappa shape index (κ2) is 11.4. The second-order valence-corrected chi connectivity index (χ2v) is 7.44. The molecule has 3 rings (SSSR count). The third kappa shape index (κ3) is 7.17. The van der Waals surface area contributed by atoms with Crippen molar-refractivity contribution in [3.05, 3.63) is 95.8 Å². The lowest BCUT2D eigenvalue weighted by Gasteiger charge is -2.21. The zero-order valence-electron chi connectivity index (χ0n) is 18.1. The molecule has 0 bridgehead atoms. The number of hydrogen-bond donors (Lipinski definition) is 3. The lowest BCUT2D eigenvalue weighted by atomic mass is 10.1. The van der Waals surface area contributed by atoms with E-state index in [-0.39, 0.29) is 24.5 Å². The number of carbonyl (C=O) groups is 3. The number of hydrogen-bond acceptors (Lipinski definition) is 6. The number of carbonyl (C=O) groups excluding carboxylic acids is 3. The summed E-state index contributed by atoms with van der Waals surface area (Å²) in [6, 6.07) is 18.5. The summed E-state index contributed by atoms with van der Waals surface area (Å²) < 4.78 is 5.42. The highest BCUT2D eigenvalue weighted by Gasteiger charge is 2.26. The van der Waals surface area contributed by atoms with Gasteiger partial charge in [-0.15, -0.1) is 0 Å². The minimum absolute atomic E-state index is 0.0631. The number of rotatable bonds is 9. The quantitative estimate of drug-likeness (QED) is 0.434. The molecular weight excluding hydrogens is 422 g/mol. The third-order valence-corrected chi connectivity index (χ3v) is 4.84. The van der Waals surface area contributed by atoms with Crippen LogP contribution in [0, 0.1) is 0 Å². The van der Waals surface area contributed by atoms with Gasteiger partial charge in [-0.2, -0.15) is 0 Å². The van der Waals surface area contributed by atoms with Crippen molar-refractivity contribution < 1.29 is 24.2 Å². The Kier molecular flexibility index (Phi) is 8.13. The largest absolute Gasteiger partial charge is 0.508 e. The van der Waals surface area contributed by atoms with Crippen LogP contribution in [0.3, 0.4) is 0 Å². The van der Waals surface area contributed by atoms with E-state index in [1.165, 1.54) is 31.3 Å². The zero-order valence-corrected chi connectivity index (χ0v) is 18.1. The van der Waals surface area contributed by atoms with Crippen LogP contribution in [-0.2, 0) is 27.4 Å². The first kappa shape index (κ1) is 23.5. The number of nitrogens with one attached hydrogen (secondary N) is 2. The van der Waals surface area contributed by atoms with Crippen molar-refractivity contribution in [2.24, 2.45) is 0 Å². The molecule has 8 nitrogen and oxygen atoms in total. The molecule has 0 spiro atoms. The van der Waals surface area contributed by atoms with E-state index in [1.54, 1.807) is 24.3 Å². The minimum Gasteiger partial charge on any atom is -0.508 e. The van der Waals surface area contributed by atoms with E-state index >= 15 is 0 Å². The molecule has 33 heavy (non-hydrogen) atoms. The molecule has 0 saturated carbocycles. The summed E-state index contributed by atoms with van der Waals surface area (Å²) in [5.74, 6) is -1.56. The van der Waals surface area contributed by atoms with Crippen molar-refractivity contribution in [3.63, 3.8) is 0 Å². The first-order valence-electron chi connectivity index (χ1n) is 10.4. The van der Waals surface area contributed by atoms with Crippen molar-refractivity contribution in [1.82, 2.24) is 15.6 Å². The molecule has 2 atom stereocenters. The number of amides is 2. The number of benzene rings is 2. The van der Waals surface area contributed by atoms with Gasteiger partial charge in [0, 0.05) is 12.6 Å². The number of phenolic OH excluding ortho intramolecular Hbond substituents is 1. The molecule has 2 aromatic carbocycles. The Hall–Kier alpha value is -4.20. The number of aromatic nitrogens is 1. The van der Waals surface area contributed by atoms with Gasteiger partial charge in [-0.3, -0.25) is 14.6 Å². The molecule has 8 heteroatoms. The van der Waals surface area contributed by atoms with Crippen LogP contribution < -0.4 is 10.6 Å². The summed E-state index contributed by atoms with van der Waals surface area (Å²) in [6.45, 7) is 1.58. The van der Waals surface area contributed by atoms with Crippen molar-refractivity contribution in [2.75, 3.05) is 0 Å². The summed E-state index contributed by atoms with van der Waals surface area (Å²) in [6.07, 6.45) is 1.64. The molecular formula is C25H25N3O5. The number of pyridine rings is 1. The Morgan fingerprint density at radius 3 is 2.27 bits per heavy atom. The average molecular weight is 447 g/mol. The van der Waals surface area contributed by atoms with Gasteiger partial charge >= 0.3 is 5.97 Å². The minimum atomic E-state index is -0.986. The van der Waals surface area contributed by atoms with Crippen LogP contribution in [0.5, 0.6) is 5.75 Å². The molecule has 0 radical (unpaired) electrons. The van der Waals surface area contributed by atoms with Gasteiger partial charge < -0.3 is 20.5 Å². The summed E-state index contributed by atoms with van der Waals surface area (Å²) in [5, 5.41) is 14.7. The second-order valence-electron chi connectivity index (χ2n) is 7.44. The Balaban J connectivity index is 1.66. The zero-order chi connectivity index (χ0) is 23.6. The maximum absolute atomic E-state index is 12.8. The van der Waals surface area contributed by atoms with E-state index in [1.807, 2.05) is 30.3 Å². The lowest BCUT2D eigenvalue weighted by Crippen LogP contribution is -2.51. The van der Waals surface area contributed by atoms with E-state index in [9.17, 15) is 19.5 Å². The molecule has 0 saturated heterocycles. The van der Waals surface area contributed by atoms with Gasteiger partial charge in [-0.1, -0.05) is 48.5 Å². The maximum atomic E-state index is 12.8. The highest BCUT2D eigenvalue weighted by Crippen LogP contribution is 2.13. The van der Waals surface area contributed by atoms with Crippen LogP contribution >= 0.6 is 0 Å². The van der Waals surface area contributed by atoms with Crippen molar-refractivity contribution in [2.45, 2.75) is 32.0 Å². The topological polar surface area (TPSA) is 118 Å². The number of ether oxygens (including phenoxy) is 1.